The number of aryl methyl sites for hydroxylation is 2. The van der Waals surface area contributed by atoms with Crippen LogP contribution in [0.15, 0.2) is 48.5 Å². The van der Waals surface area contributed by atoms with Gasteiger partial charge >= 0.3 is 0 Å². The smallest absolute Gasteiger partial charge is 0.224 e. The van der Waals surface area contributed by atoms with E-state index in [9.17, 15) is 9.18 Å². The van der Waals surface area contributed by atoms with E-state index in [0.717, 1.165) is 43.6 Å². The molecule has 0 spiro atoms. The molecule has 0 unspecified atom stereocenters. The lowest BCUT2D eigenvalue weighted by Crippen LogP contribution is -2.12. The Bertz CT molecular complexity index is 968. The van der Waals surface area contributed by atoms with Gasteiger partial charge in [-0.1, -0.05) is 36.8 Å². The number of anilines is 1. The third-order valence-electron chi connectivity index (χ3n) is 5.08. The van der Waals surface area contributed by atoms with Crippen LogP contribution in [0.3, 0.4) is 0 Å². The normalized spacial score (nSPS) is 13.6. The van der Waals surface area contributed by atoms with E-state index in [4.69, 9.17) is 0 Å². The summed E-state index contributed by atoms with van der Waals surface area (Å²) in [5, 5.41) is 11.3. The van der Waals surface area contributed by atoms with Crippen molar-refractivity contribution in [3.05, 3.63) is 65.7 Å². The average molecular weight is 378 g/mol. The number of halogens is 1. The van der Waals surface area contributed by atoms with Crippen LogP contribution in [0.5, 0.6) is 0 Å². The second-order valence-electron chi connectivity index (χ2n) is 7.13. The zero-order chi connectivity index (χ0) is 19.3. The number of fused-ring (bicyclic) bond motifs is 1. The number of carbonyl (C=O) groups excluding carboxylic acids is 1. The summed E-state index contributed by atoms with van der Waals surface area (Å²) in [5.41, 5.74) is 2.06. The van der Waals surface area contributed by atoms with Gasteiger partial charge in [0.25, 0.3) is 0 Å². The number of carbonyl (C=O) groups is 1. The van der Waals surface area contributed by atoms with Crippen molar-refractivity contribution in [3.8, 4) is 11.4 Å². The highest BCUT2D eigenvalue weighted by molar-refractivity contribution is 5.91. The first-order chi connectivity index (χ1) is 13.7. The largest absolute Gasteiger partial charge is 0.326 e. The number of nitrogens with one attached hydrogen (secondary N) is 1. The molecule has 3 aromatic rings. The predicted molar refractivity (Wildman–Crippen MR) is 106 cm³/mol. The molecule has 1 aliphatic heterocycles. The van der Waals surface area contributed by atoms with Gasteiger partial charge in [-0.05, 0) is 43.0 Å². The highest BCUT2D eigenvalue weighted by Crippen LogP contribution is 2.27. The van der Waals surface area contributed by atoms with E-state index in [-0.39, 0.29) is 11.7 Å². The number of hydrogen-bond acceptors (Lipinski definition) is 3. The minimum atomic E-state index is -0.360. The minimum absolute atomic E-state index is 0.0958. The summed E-state index contributed by atoms with van der Waals surface area (Å²) >= 11 is 0. The predicted octanol–water partition coefficient (Wildman–Crippen LogP) is 4.38. The summed E-state index contributed by atoms with van der Waals surface area (Å²) in [4.78, 5) is 12.3. The van der Waals surface area contributed by atoms with Crippen LogP contribution < -0.4 is 5.32 Å². The molecule has 1 aliphatic rings. The lowest BCUT2D eigenvalue weighted by Gasteiger charge is -2.10. The number of aromatic nitrogens is 3. The lowest BCUT2D eigenvalue weighted by molar-refractivity contribution is -0.116. The topological polar surface area (TPSA) is 59.8 Å². The van der Waals surface area contributed by atoms with Crippen LogP contribution in [0, 0.1) is 5.82 Å². The van der Waals surface area contributed by atoms with Gasteiger partial charge in [-0.15, -0.1) is 10.2 Å². The lowest BCUT2D eigenvalue weighted by atomic mass is 10.1. The highest BCUT2D eigenvalue weighted by atomic mass is 19.1. The highest BCUT2D eigenvalue weighted by Gasteiger charge is 2.19. The van der Waals surface area contributed by atoms with Crippen molar-refractivity contribution < 1.29 is 9.18 Å². The molecule has 2 heterocycles. The van der Waals surface area contributed by atoms with Gasteiger partial charge in [-0.2, -0.15) is 0 Å². The summed E-state index contributed by atoms with van der Waals surface area (Å²) < 4.78 is 16.5. The fourth-order valence-corrected chi connectivity index (χ4v) is 3.58. The molecule has 1 aromatic heterocycles. The van der Waals surface area contributed by atoms with Crippen molar-refractivity contribution in [2.45, 2.75) is 45.1 Å². The first-order valence-electron chi connectivity index (χ1n) is 9.76. The number of benzene rings is 2. The minimum Gasteiger partial charge on any atom is -0.326 e. The molecule has 2 aromatic carbocycles. The van der Waals surface area contributed by atoms with E-state index >= 15 is 0 Å². The van der Waals surface area contributed by atoms with Crippen LogP contribution >= 0.6 is 0 Å². The molecule has 4 rings (SSSR count). The van der Waals surface area contributed by atoms with Crippen molar-refractivity contribution in [1.29, 1.82) is 0 Å². The standard InChI is InChI=1S/C22H23FN4O/c23-19-12-11-17(24-21(28)13-10-16-7-3-1-4-8-16)15-18(19)22-26-25-20-9-5-2-6-14-27(20)22/h1,3-4,7-8,11-12,15H,2,5-6,9-10,13-14H2,(H,24,28). The molecule has 5 nitrogen and oxygen atoms in total. The first-order valence-corrected chi connectivity index (χ1v) is 9.76. The van der Waals surface area contributed by atoms with E-state index in [2.05, 4.69) is 15.5 Å². The Morgan fingerprint density at radius 2 is 1.93 bits per heavy atom. The summed E-state index contributed by atoms with van der Waals surface area (Å²) in [6.07, 6.45) is 5.16. The van der Waals surface area contributed by atoms with E-state index in [1.165, 1.54) is 6.07 Å². The molecule has 6 heteroatoms. The van der Waals surface area contributed by atoms with Crippen LogP contribution in [0.2, 0.25) is 0 Å². The van der Waals surface area contributed by atoms with E-state index in [1.54, 1.807) is 12.1 Å². The second-order valence-corrected chi connectivity index (χ2v) is 7.13. The van der Waals surface area contributed by atoms with Gasteiger partial charge in [0.05, 0.1) is 5.56 Å². The van der Waals surface area contributed by atoms with Crippen LogP contribution in [-0.4, -0.2) is 20.7 Å². The second kappa shape index (κ2) is 8.33. The van der Waals surface area contributed by atoms with E-state index in [0.29, 0.717) is 29.9 Å². The number of rotatable bonds is 5. The van der Waals surface area contributed by atoms with Crippen molar-refractivity contribution in [1.82, 2.24) is 14.8 Å². The third kappa shape index (κ3) is 4.11. The van der Waals surface area contributed by atoms with Gasteiger partial charge in [0.15, 0.2) is 5.82 Å². The first kappa shape index (κ1) is 18.3. The summed E-state index contributed by atoms with van der Waals surface area (Å²) in [5.74, 6) is 0.988. The SMILES string of the molecule is O=C(CCc1ccccc1)Nc1ccc(F)c(-c2nnc3n2CCCCC3)c1. The Balaban J connectivity index is 1.50. The Hall–Kier alpha value is -3.02. The number of nitrogens with zero attached hydrogens (tertiary/aromatic N) is 3. The van der Waals surface area contributed by atoms with Gasteiger partial charge in [0, 0.05) is 25.1 Å². The van der Waals surface area contributed by atoms with Crippen LogP contribution in [0.4, 0.5) is 10.1 Å². The maximum Gasteiger partial charge on any atom is 0.224 e. The van der Waals surface area contributed by atoms with Crippen LogP contribution in [-0.2, 0) is 24.2 Å². The van der Waals surface area contributed by atoms with Gasteiger partial charge in [-0.3, -0.25) is 4.79 Å². The Kier molecular flexibility index (Phi) is 5.46. The summed E-state index contributed by atoms with van der Waals surface area (Å²) in [6.45, 7) is 0.796. The van der Waals surface area contributed by atoms with Crippen molar-refractivity contribution in [3.63, 3.8) is 0 Å². The van der Waals surface area contributed by atoms with Crippen molar-refractivity contribution in [2.75, 3.05) is 5.32 Å². The molecule has 0 fully saturated rings. The third-order valence-corrected chi connectivity index (χ3v) is 5.08. The quantitative estimate of drug-likeness (QED) is 0.717. The monoisotopic (exact) mass is 378 g/mol. The number of amides is 1. The molecule has 1 amide bonds. The molecule has 0 saturated heterocycles. The Labute approximate surface area is 163 Å². The van der Waals surface area contributed by atoms with Crippen molar-refractivity contribution in [2.24, 2.45) is 0 Å². The van der Waals surface area contributed by atoms with Crippen LogP contribution in [0.25, 0.3) is 11.4 Å². The molecule has 0 bridgehead atoms. The fourth-order valence-electron chi connectivity index (χ4n) is 3.58. The summed E-state index contributed by atoms with van der Waals surface area (Å²) in [6, 6.07) is 14.5. The molecule has 0 radical (unpaired) electrons. The molecular weight excluding hydrogens is 355 g/mol. The Morgan fingerprint density at radius 3 is 2.79 bits per heavy atom. The zero-order valence-electron chi connectivity index (χ0n) is 15.7. The Morgan fingerprint density at radius 1 is 1.07 bits per heavy atom. The zero-order valence-corrected chi connectivity index (χ0v) is 15.7. The molecule has 0 aliphatic carbocycles. The molecule has 28 heavy (non-hydrogen) atoms. The molecule has 0 saturated carbocycles. The van der Waals surface area contributed by atoms with E-state index in [1.807, 2.05) is 34.9 Å². The number of hydrogen-bond donors (Lipinski definition) is 1. The van der Waals surface area contributed by atoms with Gasteiger partial charge in [-0.25, -0.2) is 4.39 Å². The van der Waals surface area contributed by atoms with Gasteiger partial charge in [0.2, 0.25) is 5.91 Å². The van der Waals surface area contributed by atoms with Gasteiger partial charge < -0.3 is 9.88 Å². The average Bonchev–Trinajstić information content (AvgIpc) is 2.96. The summed E-state index contributed by atoms with van der Waals surface area (Å²) in [7, 11) is 0. The molecule has 1 N–H and O–H groups in total. The maximum atomic E-state index is 14.5. The van der Waals surface area contributed by atoms with E-state index < -0.39 is 0 Å². The fraction of sp³-hybridized carbons (Fsp3) is 0.318. The van der Waals surface area contributed by atoms with Gasteiger partial charge in [0.1, 0.15) is 11.6 Å². The van der Waals surface area contributed by atoms with Crippen LogP contribution in [0.1, 0.15) is 37.1 Å². The molecular formula is C22H23FN4O. The maximum absolute atomic E-state index is 14.5. The van der Waals surface area contributed by atoms with Crippen molar-refractivity contribution >= 4 is 11.6 Å². The molecule has 0 atom stereocenters. The molecule has 144 valence electrons.